The van der Waals surface area contributed by atoms with Gasteiger partial charge in [0, 0.05) is 6.61 Å². The minimum Gasteiger partial charge on any atom is -0.396 e. The maximum absolute atomic E-state index is 8.24. The minimum atomic E-state index is -0.336. The van der Waals surface area contributed by atoms with Gasteiger partial charge in [0.1, 0.15) is 0 Å². The van der Waals surface area contributed by atoms with Crippen molar-refractivity contribution < 1.29 is 20.4 Å². The average molecular weight is 137 g/mol. The Hall–Kier alpha value is -0.200. The lowest BCUT2D eigenvalue weighted by Crippen LogP contribution is -2.15. The van der Waals surface area contributed by atoms with E-state index in [2.05, 4.69) is 4.84 Å². The van der Waals surface area contributed by atoms with Crippen molar-refractivity contribution in [2.75, 3.05) is 13.2 Å². The van der Waals surface area contributed by atoms with Crippen molar-refractivity contribution in [3.8, 4) is 0 Å². The van der Waals surface area contributed by atoms with Crippen LogP contribution in [-0.4, -0.2) is 34.1 Å². The molecule has 0 aliphatic heterocycles. The maximum atomic E-state index is 8.24. The van der Waals surface area contributed by atoms with Crippen LogP contribution in [0.5, 0.6) is 0 Å². The summed E-state index contributed by atoms with van der Waals surface area (Å²) in [5, 5.41) is 23.8. The summed E-state index contributed by atoms with van der Waals surface area (Å²) in [6, 6.07) is 0. The Morgan fingerprint density at radius 2 is 1.89 bits per heavy atom. The van der Waals surface area contributed by atoms with Crippen LogP contribution in [0.25, 0.3) is 0 Å². The summed E-state index contributed by atoms with van der Waals surface area (Å²) in [5.41, 5.74) is 0. The Labute approximate surface area is 53.0 Å². The van der Waals surface area contributed by atoms with Crippen molar-refractivity contribution in [2.45, 2.75) is 12.8 Å². The van der Waals surface area contributed by atoms with E-state index in [0.717, 1.165) is 0 Å². The monoisotopic (exact) mass is 137 g/mol. The Bertz CT molecular complexity index is 58.5. The first-order valence-electron chi connectivity index (χ1n) is 2.69. The summed E-state index contributed by atoms with van der Waals surface area (Å²) in [7, 11) is 0. The summed E-state index contributed by atoms with van der Waals surface area (Å²) in [6.45, 7) is 0.299. The lowest BCUT2D eigenvalue weighted by molar-refractivity contribution is -0.492. The van der Waals surface area contributed by atoms with E-state index >= 15 is 0 Å². The van der Waals surface area contributed by atoms with Crippen molar-refractivity contribution >= 4 is 0 Å². The molecule has 0 amide bonds. The first-order valence-corrected chi connectivity index (χ1v) is 2.69. The predicted molar refractivity (Wildman–Crippen MR) is 27.7 cm³/mol. The number of unbranched alkanes of at least 4 members (excludes halogenated alkanes) is 1. The lowest BCUT2D eigenvalue weighted by atomic mass is 10.3. The van der Waals surface area contributed by atoms with Gasteiger partial charge in [-0.3, -0.25) is 15.3 Å². The van der Waals surface area contributed by atoms with Gasteiger partial charge in [-0.15, -0.1) is 0 Å². The molecule has 5 nitrogen and oxygen atoms in total. The molecular formula is C4H11NO4. The van der Waals surface area contributed by atoms with Gasteiger partial charge in [-0.2, -0.15) is 0 Å². The zero-order valence-corrected chi connectivity index (χ0v) is 5.03. The summed E-state index contributed by atoms with van der Waals surface area (Å²) in [6.07, 6.45) is 1.21. The molecule has 0 radical (unpaired) electrons. The average Bonchev–Trinajstić information content (AvgIpc) is 1.80. The third kappa shape index (κ3) is 7.80. The fourth-order valence-corrected chi connectivity index (χ4v) is 0.360. The highest BCUT2D eigenvalue weighted by Gasteiger charge is 1.91. The van der Waals surface area contributed by atoms with Gasteiger partial charge < -0.3 is 5.11 Å². The normalized spacial score (nSPS) is 10.7. The van der Waals surface area contributed by atoms with Crippen LogP contribution in [0.15, 0.2) is 0 Å². The molecule has 9 heavy (non-hydrogen) atoms. The lowest BCUT2D eigenvalue weighted by Gasteiger charge is -2.03. The van der Waals surface area contributed by atoms with E-state index < -0.39 is 0 Å². The smallest absolute Gasteiger partial charge is 0.0737 e. The maximum Gasteiger partial charge on any atom is 0.0737 e. The molecule has 0 aliphatic carbocycles. The number of aliphatic hydroxyl groups is 1. The standard InChI is InChI=1S/C4H11NO4/c6-3-1-2-4-9-5(7)8/h6-8H,1-4H2. The third-order valence-electron chi connectivity index (χ3n) is 0.759. The van der Waals surface area contributed by atoms with Crippen molar-refractivity contribution in [3.05, 3.63) is 0 Å². The van der Waals surface area contributed by atoms with Gasteiger partial charge in [0.05, 0.1) is 12.0 Å². The Morgan fingerprint density at radius 3 is 2.33 bits per heavy atom. The second-order valence-corrected chi connectivity index (χ2v) is 1.52. The molecule has 0 heterocycles. The van der Waals surface area contributed by atoms with Gasteiger partial charge >= 0.3 is 0 Å². The molecule has 0 saturated carbocycles. The zero-order valence-electron chi connectivity index (χ0n) is 5.03. The molecule has 0 aromatic heterocycles. The summed E-state index contributed by atoms with van der Waals surface area (Å²) in [5.74, 6) is 0. The SMILES string of the molecule is OCCCCON(O)O. The quantitative estimate of drug-likeness (QED) is 0.360. The van der Waals surface area contributed by atoms with Crippen molar-refractivity contribution in [3.63, 3.8) is 0 Å². The molecule has 0 aromatic carbocycles. The third-order valence-corrected chi connectivity index (χ3v) is 0.759. The number of rotatable bonds is 5. The van der Waals surface area contributed by atoms with Crippen LogP contribution in [0.3, 0.4) is 0 Å². The Kier molecular flexibility index (Phi) is 5.80. The highest BCUT2D eigenvalue weighted by atomic mass is 17.1. The minimum absolute atomic E-state index is 0.0974. The van der Waals surface area contributed by atoms with E-state index in [1.54, 1.807) is 0 Å². The molecular weight excluding hydrogens is 126 g/mol. The van der Waals surface area contributed by atoms with Crippen LogP contribution in [0, 0.1) is 0 Å². The second-order valence-electron chi connectivity index (χ2n) is 1.52. The number of aliphatic hydroxyl groups excluding tert-OH is 1. The fraction of sp³-hybridized carbons (Fsp3) is 1.00. The number of hydrogen-bond donors (Lipinski definition) is 3. The van der Waals surface area contributed by atoms with Gasteiger partial charge in [0.15, 0.2) is 0 Å². The van der Waals surface area contributed by atoms with E-state index in [-0.39, 0.29) is 18.6 Å². The molecule has 0 spiro atoms. The van der Waals surface area contributed by atoms with Gasteiger partial charge in [-0.25, -0.2) is 0 Å². The Balaban J connectivity index is 2.75. The first kappa shape index (κ1) is 8.80. The molecule has 0 bridgehead atoms. The topological polar surface area (TPSA) is 73.2 Å². The largest absolute Gasteiger partial charge is 0.396 e. The molecule has 0 atom stereocenters. The molecule has 5 heteroatoms. The highest BCUT2D eigenvalue weighted by molar-refractivity contribution is 4.32. The molecule has 56 valence electrons. The predicted octanol–water partition coefficient (Wildman–Crippen LogP) is -0.229. The Morgan fingerprint density at radius 1 is 1.22 bits per heavy atom. The van der Waals surface area contributed by atoms with Crippen LogP contribution >= 0.6 is 0 Å². The van der Waals surface area contributed by atoms with E-state index in [9.17, 15) is 0 Å². The van der Waals surface area contributed by atoms with Crippen molar-refractivity contribution in [1.82, 2.24) is 5.39 Å². The second kappa shape index (κ2) is 5.93. The summed E-state index contributed by atoms with van der Waals surface area (Å²) in [4.78, 5) is 4.18. The molecule has 0 aliphatic rings. The van der Waals surface area contributed by atoms with Crippen LogP contribution < -0.4 is 0 Å². The van der Waals surface area contributed by atoms with Gasteiger partial charge in [0.25, 0.3) is 0 Å². The van der Waals surface area contributed by atoms with Crippen LogP contribution in [0.4, 0.5) is 0 Å². The highest BCUT2D eigenvalue weighted by Crippen LogP contribution is 1.88. The van der Waals surface area contributed by atoms with Crippen LogP contribution in [0.1, 0.15) is 12.8 Å². The molecule has 0 saturated heterocycles. The molecule has 0 fully saturated rings. The molecule has 3 N–H and O–H groups in total. The molecule has 0 aromatic rings. The first-order chi connectivity index (χ1) is 4.27. The fourth-order valence-electron chi connectivity index (χ4n) is 0.360. The van der Waals surface area contributed by atoms with E-state index in [4.69, 9.17) is 15.5 Å². The molecule has 0 unspecified atom stereocenters. The van der Waals surface area contributed by atoms with E-state index in [0.29, 0.717) is 12.8 Å². The van der Waals surface area contributed by atoms with Gasteiger partial charge in [0.2, 0.25) is 0 Å². The van der Waals surface area contributed by atoms with Gasteiger partial charge in [-0.1, -0.05) is 0 Å². The van der Waals surface area contributed by atoms with E-state index in [1.807, 2.05) is 0 Å². The van der Waals surface area contributed by atoms with Crippen LogP contribution in [0.2, 0.25) is 0 Å². The van der Waals surface area contributed by atoms with Crippen LogP contribution in [-0.2, 0) is 4.84 Å². The van der Waals surface area contributed by atoms with Gasteiger partial charge in [-0.05, 0) is 12.8 Å². The number of nitrogens with zero attached hydrogens (tertiary/aromatic N) is 1. The molecule has 0 rings (SSSR count). The summed E-state index contributed by atoms with van der Waals surface area (Å²) < 4.78 is 0. The zero-order chi connectivity index (χ0) is 7.11. The van der Waals surface area contributed by atoms with Crippen molar-refractivity contribution in [2.24, 2.45) is 0 Å². The number of hydrogen-bond acceptors (Lipinski definition) is 5. The van der Waals surface area contributed by atoms with Crippen molar-refractivity contribution in [1.29, 1.82) is 0 Å². The summed E-state index contributed by atoms with van der Waals surface area (Å²) >= 11 is 0. The van der Waals surface area contributed by atoms with E-state index in [1.165, 1.54) is 0 Å².